The first-order valence-corrected chi connectivity index (χ1v) is 12.5. The van der Waals surface area contributed by atoms with E-state index in [9.17, 15) is 9.59 Å². The number of benzene rings is 2. The molecule has 0 aliphatic carbocycles. The molecule has 7 nitrogen and oxygen atoms in total. The number of nitrogens with zero attached hydrogens (tertiary/aromatic N) is 1. The van der Waals surface area contributed by atoms with Crippen molar-refractivity contribution in [2.75, 3.05) is 31.6 Å². The minimum atomic E-state index is -0.452. The quantitative estimate of drug-likeness (QED) is 0.399. The number of pyridine rings is 1. The molecule has 7 heteroatoms. The van der Waals surface area contributed by atoms with E-state index in [4.69, 9.17) is 9.72 Å². The highest BCUT2D eigenvalue weighted by Crippen LogP contribution is 2.31. The predicted octanol–water partition coefficient (Wildman–Crippen LogP) is 4.38. The number of fused-ring (bicyclic) bond motifs is 1. The molecule has 184 valence electrons. The molecule has 3 N–H and O–H groups in total. The van der Waals surface area contributed by atoms with E-state index in [-0.39, 0.29) is 19.1 Å². The summed E-state index contributed by atoms with van der Waals surface area (Å²) >= 11 is 0. The fraction of sp³-hybridized carbons (Fsp3) is 0.393. The Bertz CT molecular complexity index is 1160. The molecular weight excluding hydrogens is 440 g/mol. The maximum Gasteiger partial charge on any atom is 0.325 e. The number of nitrogens with one attached hydrogen (secondary N) is 3. The zero-order valence-electron chi connectivity index (χ0n) is 20.5. The fourth-order valence-corrected chi connectivity index (χ4v) is 4.68. The number of hydrogen-bond donors (Lipinski definition) is 3. The van der Waals surface area contributed by atoms with Crippen molar-refractivity contribution >= 4 is 28.5 Å². The molecule has 2 heterocycles. The van der Waals surface area contributed by atoms with Crippen LogP contribution in [0.15, 0.2) is 54.6 Å². The summed E-state index contributed by atoms with van der Waals surface area (Å²) in [4.78, 5) is 28.8. The van der Waals surface area contributed by atoms with Gasteiger partial charge in [0, 0.05) is 28.2 Å². The Morgan fingerprint density at radius 2 is 1.94 bits per heavy atom. The summed E-state index contributed by atoms with van der Waals surface area (Å²) in [5, 5.41) is 11.1. The highest BCUT2D eigenvalue weighted by atomic mass is 16.5. The number of hydrogen-bond acceptors (Lipinski definition) is 6. The maximum absolute atomic E-state index is 12.4. The van der Waals surface area contributed by atoms with Gasteiger partial charge in [-0.3, -0.25) is 9.59 Å². The van der Waals surface area contributed by atoms with Crippen LogP contribution in [0.25, 0.3) is 22.2 Å². The lowest BCUT2D eigenvalue weighted by atomic mass is 9.90. The highest BCUT2D eigenvalue weighted by Gasteiger charge is 2.23. The molecule has 1 fully saturated rings. The normalized spacial score (nSPS) is 16.5. The Hall–Kier alpha value is -3.45. The van der Waals surface area contributed by atoms with Gasteiger partial charge >= 0.3 is 5.97 Å². The number of amides is 1. The topological polar surface area (TPSA) is 92.3 Å². The van der Waals surface area contributed by atoms with E-state index < -0.39 is 5.97 Å². The molecule has 3 aromatic rings. The second-order valence-corrected chi connectivity index (χ2v) is 8.90. The van der Waals surface area contributed by atoms with Gasteiger partial charge in [0.15, 0.2) is 0 Å². The van der Waals surface area contributed by atoms with Gasteiger partial charge in [0.2, 0.25) is 0 Å². The van der Waals surface area contributed by atoms with Crippen LogP contribution in [0.4, 0.5) is 5.69 Å². The number of carbonyl (C=O) groups is 2. The molecule has 1 saturated heterocycles. The van der Waals surface area contributed by atoms with E-state index in [1.165, 1.54) is 12.8 Å². The number of carbonyl (C=O) groups excluding carboxylic acids is 2. The Labute approximate surface area is 206 Å². The van der Waals surface area contributed by atoms with E-state index in [2.05, 4.69) is 35.0 Å². The third-order valence-corrected chi connectivity index (χ3v) is 6.54. The second kappa shape index (κ2) is 11.8. The van der Waals surface area contributed by atoms with Crippen molar-refractivity contribution < 1.29 is 14.3 Å². The van der Waals surface area contributed by atoms with Gasteiger partial charge in [-0.15, -0.1) is 0 Å². The van der Waals surface area contributed by atoms with Crippen molar-refractivity contribution in [2.45, 2.75) is 39.2 Å². The van der Waals surface area contributed by atoms with Crippen LogP contribution in [0.3, 0.4) is 0 Å². The van der Waals surface area contributed by atoms with Crippen molar-refractivity contribution in [3.8, 4) is 11.3 Å². The monoisotopic (exact) mass is 474 g/mol. The van der Waals surface area contributed by atoms with Gasteiger partial charge in [0.1, 0.15) is 6.54 Å². The summed E-state index contributed by atoms with van der Waals surface area (Å²) in [6.07, 6.45) is 3.49. The molecule has 1 aliphatic rings. The minimum Gasteiger partial charge on any atom is -0.465 e. The van der Waals surface area contributed by atoms with E-state index in [0.29, 0.717) is 17.5 Å². The first-order chi connectivity index (χ1) is 17.1. The van der Waals surface area contributed by atoms with Crippen LogP contribution >= 0.6 is 0 Å². The Kier molecular flexibility index (Phi) is 8.32. The van der Waals surface area contributed by atoms with Gasteiger partial charge in [-0.1, -0.05) is 37.3 Å². The van der Waals surface area contributed by atoms with Crippen LogP contribution in [0.1, 0.15) is 43.5 Å². The fourth-order valence-electron chi connectivity index (χ4n) is 4.68. The zero-order chi connectivity index (χ0) is 24.6. The van der Waals surface area contributed by atoms with E-state index in [1.54, 1.807) is 19.1 Å². The number of anilines is 1. The molecular formula is C28H34N4O3. The van der Waals surface area contributed by atoms with E-state index in [0.717, 1.165) is 47.4 Å². The number of ether oxygens (including phenoxy) is 1. The third-order valence-electron chi connectivity index (χ3n) is 6.54. The number of piperidine rings is 1. The molecule has 0 spiro atoms. The van der Waals surface area contributed by atoms with Gasteiger partial charge < -0.3 is 20.7 Å². The standard InChI is InChI=1S/C28H34N4O3/c1-3-23(21-8-7-15-29-17-21)31-26-16-25(32-24-10-6-5-9-22(24)26)19-11-13-20(14-12-19)28(34)30-18-27(33)35-4-2/h5-6,9-14,16,21,23,29H,3-4,7-8,15,17-18H2,1-2H3,(H,30,34)(H,31,32). The molecule has 2 unspecified atom stereocenters. The smallest absolute Gasteiger partial charge is 0.325 e. The van der Waals surface area contributed by atoms with Crippen molar-refractivity contribution in [1.29, 1.82) is 0 Å². The van der Waals surface area contributed by atoms with Crippen LogP contribution < -0.4 is 16.0 Å². The summed E-state index contributed by atoms with van der Waals surface area (Å²) in [6.45, 7) is 6.26. The van der Waals surface area contributed by atoms with Gasteiger partial charge in [-0.25, -0.2) is 4.98 Å². The lowest BCUT2D eigenvalue weighted by Gasteiger charge is -2.32. The largest absolute Gasteiger partial charge is 0.465 e. The highest BCUT2D eigenvalue weighted by molar-refractivity contribution is 5.97. The molecule has 35 heavy (non-hydrogen) atoms. The summed E-state index contributed by atoms with van der Waals surface area (Å²) in [7, 11) is 0. The lowest BCUT2D eigenvalue weighted by Crippen LogP contribution is -2.40. The number of rotatable bonds is 9. The predicted molar refractivity (Wildman–Crippen MR) is 139 cm³/mol. The van der Waals surface area contributed by atoms with Crippen molar-refractivity contribution in [3.63, 3.8) is 0 Å². The summed E-state index contributed by atoms with van der Waals surface area (Å²) in [5.74, 6) is -0.172. The molecule has 0 radical (unpaired) electrons. The molecule has 0 bridgehead atoms. The minimum absolute atomic E-state index is 0.148. The average Bonchev–Trinajstić information content (AvgIpc) is 2.91. The zero-order valence-corrected chi connectivity index (χ0v) is 20.5. The first-order valence-electron chi connectivity index (χ1n) is 12.5. The van der Waals surface area contributed by atoms with Crippen LogP contribution in [0.2, 0.25) is 0 Å². The SMILES string of the molecule is CCOC(=O)CNC(=O)c1ccc(-c2cc(NC(CC)C3CCCNC3)c3ccccc3n2)cc1. The third kappa shape index (κ3) is 6.17. The summed E-state index contributed by atoms with van der Waals surface area (Å²) in [6, 6.07) is 18.0. The first kappa shape index (κ1) is 24.7. The van der Waals surface area contributed by atoms with Gasteiger partial charge in [-0.2, -0.15) is 0 Å². The van der Waals surface area contributed by atoms with Crippen LogP contribution in [0.5, 0.6) is 0 Å². The molecule has 1 amide bonds. The Balaban J connectivity index is 1.56. The van der Waals surface area contributed by atoms with Crippen molar-refractivity contribution in [2.24, 2.45) is 5.92 Å². The number of para-hydroxylation sites is 1. The molecule has 1 aromatic heterocycles. The van der Waals surface area contributed by atoms with Crippen LogP contribution in [-0.2, 0) is 9.53 Å². The van der Waals surface area contributed by atoms with E-state index in [1.807, 2.05) is 30.3 Å². The van der Waals surface area contributed by atoms with Crippen LogP contribution in [-0.4, -0.2) is 49.1 Å². The summed E-state index contributed by atoms with van der Waals surface area (Å²) < 4.78 is 4.85. The van der Waals surface area contributed by atoms with Gasteiger partial charge in [0.05, 0.1) is 17.8 Å². The number of esters is 1. The second-order valence-electron chi connectivity index (χ2n) is 8.90. The Morgan fingerprint density at radius 1 is 1.14 bits per heavy atom. The lowest BCUT2D eigenvalue weighted by molar-refractivity contribution is -0.141. The average molecular weight is 475 g/mol. The molecule has 2 aromatic carbocycles. The molecule has 2 atom stereocenters. The maximum atomic E-state index is 12.4. The summed E-state index contributed by atoms with van der Waals surface area (Å²) in [5.41, 5.74) is 4.27. The Morgan fingerprint density at radius 3 is 2.66 bits per heavy atom. The van der Waals surface area contributed by atoms with Crippen molar-refractivity contribution in [1.82, 2.24) is 15.6 Å². The van der Waals surface area contributed by atoms with Gasteiger partial charge in [0.25, 0.3) is 5.91 Å². The molecule has 1 aliphatic heterocycles. The van der Waals surface area contributed by atoms with E-state index >= 15 is 0 Å². The van der Waals surface area contributed by atoms with Crippen LogP contribution in [0, 0.1) is 5.92 Å². The van der Waals surface area contributed by atoms with Gasteiger partial charge in [-0.05, 0) is 69.5 Å². The number of aromatic nitrogens is 1. The molecule has 4 rings (SSSR count). The molecule has 0 saturated carbocycles. The van der Waals surface area contributed by atoms with Crippen molar-refractivity contribution in [3.05, 3.63) is 60.2 Å².